The van der Waals surface area contributed by atoms with Crippen LogP contribution in [0.3, 0.4) is 0 Å². The van der Waals surface area contributed by atoms with Gasteiger partial charge in [-0.05, 0) is 30.7 Å². The fourth-order valence-corrected chi connectivity index (χ4v) is 2.91. The number of carbonyl (C=O) groups is 1. The summed E-state index contributed by atoms with van der Waals surface area (Å²) in [6.07, 6.45) is 2.60. The van der Waals surface area contributed by atoms with Crippen molar-refractivity contribution in [2.75, 3.05) is 11.9 Å². The molecule has 1 aliphatic heterocycles. The Morgan fingerprint density at radius 1 is 1.40 bits per heavy atom. The molecule has 0 aromatic heterocycles. The van der Waals surface area contributed by atoms with E-state index in [1.807, 2.05) is 0 Å². The molecule has 1 aromatic carbocycles. The molecule has 0 bridgehead atoms. The second kappa shape index (κ2) is 5.87. The van der Waals surface area contributed by atoms with Crippen LogP contribution in [0.4, 0.5) is 5.69 Å². The van der Waals surface area contributed by atoms with Crippen LogP contribution >= 0.6 is 0 Å². The van der Waals surface area contributed by atoms with E-state index in [1.165, 1.54) is 12.1 Å². The van der Waals surface area contributed by atoms with Gasteiger partial charge in [0.25, 0.3) is 10.0 Å². The van der Waals surface area contributed by atoms with E-state index in [-0.39, 0.29) is 4.90 Å². The second-order valence-electron chi connectivity index (χ2n) is 4.26. The van der Waals surface area contributed by atoms with Crippen molar-refractivity contribution in [1.82, 2.24) is 4.72 Å². The van der Waals surface area contributed by atoms with Crippen LogP contribution in [0.25, 0.3) is 0 Å². The molecule has 0 unspecified atom stereocenters. The number of carbonyl (C=O) groups excluding carboxylic acids is 1. The molecule has 0 saturated heterocycles. The average molecular weight is 293 g/mol. The quantitative estimate of drug-likeness (QED) is 0.820. The summed E-state index contributed by atoms with van der Waals surface area (Å²) in [6.45, 7) is 3.98. The molecule has 1 aromatic rings. The topological polar surface area (TPSA) is 87.6 Å². The van der Waals surface area contributed by atoms with Crippen LogP contribution < -0.4 is 10.0 Å². The number of nitrogens with one attached hydrogen (secondary N) is 2. The smallest absolute Gasteiger partial charge is 0.262 e. The first-order chi connectivity index (χ1) is 9.51. The molecule has 1 heterocycles. The van der Waals surface area contributed by atoms with Crippen LogP contribution in [0.1, 0.15) is 12.8 Å². The normalized spacial score (nSPS) is 14.5. The first kappa shape index (κ1) is 14.3. The Bertz CT molecular complexity index is 665. The monoisotopic (exact) mass is 293 g/mol. The molecule has 0 atom stereocenters. The van der Waals surface area contributed by atoms with Crippen molar-refractivity contribution in [3.63, 3.8) is 0 Å². The molecule has 1 aliphatic rings. The maximum atomic E-state index is 12.2. The van der Waals surface area contributed by atoms with Gasteiger partial charge < -0.3 is 5.32 Å². The Morgan fingerprint density at radius 2 is 2.20 bits per heavy atom. The zero-order valence-corrected chi connectivity index (χ0v) is 11.6. The van der Waals surface area contributed by atoms with Crippen LogP contribution in [0, 0.1) is 0 Å². The largest absolute Gasteiger partial charge is 0.322 e. The van der Waals surface area contributed by atoms with Gasteiger partial charge >= 0.3 is 0 Å². The molecule has 7 heteroatoms. The van der Waals surface area contributed by atoms with Gasteiger partial charge in [0.2, 0.25) is 5.91 Å². The van der Waals surface area contributed by atoms with Crippen molar-refractivity contribution >= 4 is 27.5 Å². The van der Waals surface area contributed by atoms with Gasteiger partial charge in [-0.2, -0.15) is 0 Å². The third-order valence-electron chi connectivity index (χ3n) is 2.72. The number of hydrogen-bond donors (Lipinski definition) is 2. The lowest BCUT2D eigenvalue weighted by Crippen LogP contribution is -2.29. The Labute approximate surface area is 117 Å². The minimum absolute atomic E-state index is 0.0777. The van der Waals surface area contributed by atoms with Crippen molar-refractivity contribution < 1.29 is 13.2 Å². The number of amides is 1. The van der Waals surface area contributed by atoms with Crippen LogP contribution in [0.15, 0.2) is 46.8 Å². The highest BCUT2D eigenvalue weighted by Gasteiger charge is 2.18. The zero-order chi connectivity index (χ0) is 14.6. The third kappa shape index (κ3) is 3.45. The van der Waals surface area contributed by atoms with Crippen molar-refractivity contribution in [1.29, 1.82) is 0 Å². The number of amidine groups is 1. The lowest BCUT2D eigenvalue weighted by Gasteiger charge is -2.09. The molecule has 2 rings (SSSR count). The molecule has 0 radical (unpaired) electrons. The van der Waals surface area contributed by atoms with Gasteiger partial charge in [-0.15, -0.1) is 0 Å². The summed E-state index contributed by atoms with van der Waals surface area (Å²) in [5.41, 5.74) is 0.395. The molecule has 0 fully saturated rings. The molecular weight excluding hydrogens is 278 g/mol. The number of aliphatic imine (C=N–C) groups is 1. The molecule has 0 spiro atoms. The molecule has 106 valence electrons. The number of anilines is 1. The van der Waals surface area contributed by atoms with E-state index in [9.17, 15) is 13.2 Å². The van der Waals surface area contributed by atoms with E-state index >= 15 is 0 Å². The lowest BCUT2D eigenvalue weighted by molar-refractivity contribution is -0.111. The van der Waals surface area contributed by atoms with Gasteiger partial charge in [0, 0.05) is 18.7 Å². The molecule has 1 amide bonds. The van der Waals surface area contributed by atoms with E-state index in [0.29, 0.717) is 24.5 Å². The number of nitrogens with zero attached hydrogens (tertiary/aromatic N) is 1. The number of sulfonamides is 1. The number of benzene rings is 1. The van der Waals surface area contributed by atoms with Crippen molar-refractivity contribution in [3.05, 3.63) is 36.9 Å². The van der Waals surface area contributed by atoms with Crippen LogP contribution in [-0.4, -0.2) is 26.7 Å². The lowest BCUT2D eigenvalue weighted by atomic mass is 10.3. The third-order valence-corrected chi connectivity index (χ3v) is 4.10. The van der Waals surface area contributed by atoms with Crippen LogP contribution in [0.5, 0.6) is 0 Å². The van der Waals surface area contributed by atoms with Gasteiger partial charge in [0.1, 0.15) is 5.84 Å². The number of hydrogen-bond acceptors (Lipinski definition) is 4. The molecule has 6 nitrogen and oxygen atoms in total. The van der Waals surface area contributed by atoms with E-state index in [2.05, 4.69) is 21.6 Å². The first-order valence-electron chi connectivity index (χ1n) is 6.11. The van der Waals surface area contributed by atoms with E-state index < -0.39 is 15.9 Å². The highest BCUT2D eigenvalue weighted by Crippen LogP contribution is 2.16. The average Bonchev–Trinajstić information content (AvgIpc) is 2.91. The van der Waals surface area contributed by atoms with E-state index in [1.54, 1.807) is 12.1 Å². The highest BCUT2D eigenvalue weighted by molar-refractivity contribution is 7.90. The fourth-order valence-electron chi connectivity index (χ4n) is 1.77. The summed E-state index contributed by atoms with van der Waals surface area (Å²) in [5, 5.41) is 2.52. The maximum Gasteiger partial charge on any atom is 0.262 e. The summed E-state index contributed by atoms with van der Waals surface area (Å²) in [4.78, 5) is 15.4. The second-order valence-corrected chi connectivity index (χ2v) is 5.94. The van der Waals surface area contributed by atoms with E-state index in [0.717, 1.165) is 12.5 Å². The van der Waals surface area contributed by atoms with Gasteiger partial charge in [-0.25, -0.2) is 8.42 Å². The van der Waals surface area contributed by atoms with Crippen molar-refractivity contribution in [2.24, 2.45) is 4.99 Å². The number of rotatable bonds is 4. The SMILES string of the molecule is C=CC(=O)Nc1cccc(S(=O)(=O)NC2=NCCC2)c1. The molecule has 2 N–H and O–H groups in total. The van der Waals surface area contributed by atoms with Crippen LogP contribution in [-0.2, 0) is 14.8 Å². The van der Waals surface area contributed by atoms with Gasteiger partial charge in [-0.1, -0.05) is 12.6 Å². The zero-order valence-electron chi connectivity index (χ0n) is 10.8. The first-order valence-corrected chi connectivity index (χ1v) is 7.59. The molecule has 0 saturated carbocycles. The Morgan fingerprint density at radius 3 is 2.85 bits per heavy atom. The highest BCUT2D eigenvalue weighted by atomic mass is 32.2. The summed E-state index contributed by atoms with van der Waals surface area (Å²) in [7, 11) is -3.67. The minimum Gasteiger partial charge on any atom is -0.322 e. The Hall–Kier alpha value is -2.15. The summed E-state index contributed by atoms with van der Waals surface area (Å²) >= 11 is 0. The van der Waals surface area contributed by atoms with Gasteiger partial charge in [0.15, 0.2) is 0 Å². The summed E-state index contributed by atoms with van der Waals surface area (Å²) in [6, 6.07) is 6.01. The fraction of sp³-hybridized carbons (Fsp3) is 0.231. The minimum atomic E-state index is -3.67. The summed E-state index contributed by atoms with van der Waals surface area (Å²) in [5.74, 6) is 0.0817. The van der Waals surface area contributed by atoms with Crippen molar-refractivity contribution in [2.45, 2.75) is 17.7 Å². The summed E-state index contributed by atoms with van der Waals surface area (Å²) < 4.78 is 26.8. The predicted octanol–water partition coefficient (Wildman–Crippen LogP) is 1.28. The van der Waals surface area contributed by atoms with Gasteiger partial charge in [-0.3, -0.25) is 14.5 Å². The van der Waals surface area contributed by atoms with Crippen molar-refractivity contribution in [3.8, 4) is 0 Å². The molecule has 0 aliphatic carbocycles. The van der Waals surface area contributed by atoms with E-state index in [4.69, 9.17) is 0 Å². The Kier molecular flexibility index (Phi) is 4.19. The standard InChI is InChI=1S/C13H15N3O3S/c1-2-13(17)15-10-5-3-6-11(9-10)20(18,19)16-12-7-4-8-14-12/h2-3,5-6,9H,1,4,7-8H2,(H,14,16)(H,15,17). The van der Waals surface area contributed by atoms with Crippen LogP contribution in [0.2, 0.25) is 0 Å². The van der Waals surface area contributed by atoms with Gasteiger partial charge in [0.05, 0.1) is 4.90 Å². The molecule has 20 heavy (non-hydrogen) atoms. The Balaban J connectivity index is 2.20. The predicted molar refractivity (Wildman–Crippen MR) is 77.1 cm³/mol. The maximum absolute atomic E-state index is 12.2. The molecular formula is C13H15N3O3S.